The lowest BCUT2D eigenvalue weighted by Gasteiger charge is -2.15. The van der Waals surface area contributed by atoms with E-state index in [0.29, 0.717) is 33.7 Å². The molecule has 3 aromatic rings. The highest BCUT2D eigenvalue weighted by Crippen LogP contribution is 2.36. The molecule has 1 unspecified atom stereocenters. The van der Waals surface area contributed by atoms with Gasteiger partial charge in [-0.1, -0.05) is 46.9 Å². The topological polar surface area (TPSA) is 63.8 Å². The molecule has 4 nitrogen and oxygen atoms in total. The van der Waals surface area contributed by atoms with Crippen LogP contribution < -0.4 is 11.1 Å². The van der Waals surface area contributed by atoms with Gasteiger partial charge in [-0.25, -0.2) is 9.97 Å². The van der Waals surface area contributed by atoms with Gasteiger partial charge in [0.05, 0.1) is 26.3 Å². The summed E-state index contributed by atoms with van der Waals surface area (Å²) < 4.78 is 38.6. The minimum atomic E-state index is -4.52. The van der Waals surface area contributed by atoms with Crippen molar-refractivity contribution in [3.05, 3.63) is 75.0 Å². The van der Waals surface area contributed by atoms with Crippen LogP contribution in [0.5, 0.6) is 0 Å². The number of nitrogens with one attached hydrogen (secondary N) is 1. The second-order valence-electron chi connectivity index (χ2n) is 6.14. The van der Waals surface area contributed by atoms with Crippen molar-refractivity contribution in [2.24, 2.45) is 5.73 Å². The molecule has 0 spiro atoms. The fourth-order valence-corrected chi connectivity index (χ4v) is 3.19. The van der Waals surface area contributed by atoms with Gasteiger partial charge in [-0.05, 0) is 29.8 Å². The van der Waals surface area contributed by atoms with Crippen molar-refractivity contribution in [2.45, 2.75) is 12.2 Å². The van der Waals surface area contributed by atoms with Gasteiger partial charge in [-0.2, -0.15) is 13.2 Å². The van der Waals surface area contributed by atoms with Gasteiger partial charge in [-0.15, -0.1) is 0 Å². The summed E-state index contributed by atoms with van der Waals surface area (Å²) >= 11 is 17.7. The van der Waals surface area contributed by atoms with Crippen LogP contribution in [0.2, 0.25) is 15.1 Å². The highest BCUT2D eigenvalue weighted by Gasteiger charge is 2.33. The lowest BCUT2D eigenvalue weighted by Crippen LogP contribution is -2.21. The molecule has 1 heterocycles. The van der Waals surface area contributed by atoms with Gasteiger partial charge in [0.1, 0.15) is 12.1 Å². The van der Waals surface area contributed by atoms with Gasteiger partial charge in [0.2, 0.25) is 0 Å². The second kappa shape index (κ2) is 8.75. The fraction of sp³-hybridized carbons (Fsp3) is 0.158. The van der Waals surface area contributed by atoms with E-state index >= 15 is 0 Å². The van der Waals surface area contributed by atoms with Crippen molar-refractivity contribution in [1.82, 2.24) is 9.97 Å². The Morgan fingerprint density at radius 2 is 1.69 bits per heavy atom. The normalized spacial score (nSPS) is 12.7. The van der Waals surface area contributed by atoms with E-state index in [-0.39, 0.29) is 6.04 Å². The van der Waals surface area contributed by atoms with Crippen molar-refractivity contribution < 1.29 is 13.2 Å². The van der Waals surface area contributed by atoms with Crippen molar-refractivity contribution in [2.75, 3.05) is 11.9 Å². The molecule has 0 fully saturated rings. The molecule has 0 bridgehead atoms. The summed E-state index contributed by atoms with van der Waals surface area (Å²) in [5.41, 5.74) is 6.89. The van der Waals surface area contributed by atoms with Gasteiger partial charge >= 0.3 is 6.18 Å². The van der Waals surface area contributed by atoms with E-state index in [1.165, 1.54) is 18.5 Å². The summed E-state index contributed by atoms with van der Waals surface area (Å²) in [7, 11) is 0. The largest absolute Gasteiger partial charge is 0.417 e. The van der Waals surface area contributed by atoms with Crippen LogP contribution >= 0.6 is 34.8 Å². The third-order valence-electron chi connectivity index (χ3n) is 4.11. The Morgan fingerprint density at radius 3 is 2.34 bits per heavy atom. The zero-order chi connectivity index (χ0) is 21.2. The first-order valence-electron chi connectivity index (χ1n) is 8.28. The van der Waals surface area contributed by atoms with Crippen LogP contribution in [0.3, 0.4) is 0 Å². The smallest absolute Gasteiger partial charge is 0.368 e. The van der Waals surface area contributed by atoms with E-state index in [1.54, 1.807) is 24.3 Å². The average Bonchev–Trinajstić information content (AvgIpc) is 2.67. The maximum atomic E-state index is 12.9. The number of nitrogens with zero attached hydrogens (tertiary/aromatic N) is 2. The zero-order valence-corrected chi connectivity index (χ0v) is 16.9. The Labute approximate surface area is 179 Å². The quantitative estimate of drug-likeness (QED) is 0.472. The summed E-state index contributed by atoms with van der Waals surface area (Å²) in [6.45, 7) is 0.335. The van der Waals surface area contributed by atoms with Gasteiger partial charge in [0, 0.05) is 24.2 Å². The molecule has 0 saturated carbocycles. The standard InChI is InChI=1S/C19H14Cl3F3N4/c20-13-4-2-10(5-15(13)22)16(26)8-27-18-7-17(28-9-29-18)11-1-3-12(14(21)6-11)19(23,24)25/h1-7,9,16H,8,26H2,(H,27,28,29). The molecule has 1 atom stereocenters. The minimum absolute atomic E-state index is 0.335. The summed E-state index contributed by atoms with van der Waals surface area (Å²) in [5.74, 6) is 0.460. The molecular formula is C19H14Cl3F3N4. The number of hydrogen-bond acceptors (Lipinski definition) is 4. The molecule has 2 aromatic carbocycles. The van der Waals surface area contributed by atoms with Crippen LogP contribution in [-0.4, -0.2) is 16.5 Å². The third kappa shape index (κ3) is 5.30. The predicted molar refractivity (Wildman–Crippen MR) is 109 cm³/mol. The molecule has 3 rings (SSSR count). The number of nitrogens with two attached hydrogens (primary N) is 1. The van der Waals surface area contributed by atoms with Gasteiger partial charge < -0.3 is 11.1 Å². The highest BCUT2D eigenvalue weighted by molar-refractivity contribution is 6.42. The predicted octanol–water partition coefficient (Wildman–Crippen LogP) is 6.23. The molecule has 10 heteroatoms. The maximum Gasteiger partial charge on any atom is 0.417 e. The summed E-state index contributed by atoms with van der Waals surface area (Å²) in [6, 6.07) is 9.79. The molecule has 0 saturated heterocycles. The van der Waals surface area contributed by atoms with E-state index < -0.39 is 16.8 Å². The molecule has 29 heavy (non-hydrogen) atoms. The Balaban J connectivity index is 1.74. The molecular weight excluding hydrogens is 448 g/mol. The first-order valence-corrected chi connectivity index (χ1v) is 9.42. The second-order valence-corrected chi connectivity index (χ2v) is 7.36. The molecule has 0 aliphatic carbocycles. The van der Waals surface area contributed by atoms with E-state index in [0.717, 1.165) is 11.6 Å². The number of aromatic nitrogens is 2. The van der Waals surface area contributed by atoms with Crippen LogP contribution in [0.1, 0.15) is 17.2 Å². The number of halogens is 6. The van der Waals surface area contributed by atoms with Crippen LogP contribution in [0.25, 0.3) is 11.3 Å². The molecule has 152 valence electrons. The zero-order valence-electron chi connectivity index (χ0n) is 14.6. The Kier molecular flexibility index (Phi) is 6.53. The lowest BCUT2D eigenvalue weighted by molar-refractivity contribution is -0.137. The monoisotopic (exact) mass is 460 g/mol. The molecule has 0 radical (unpaired) electrons. The Hall–Kier alpha value is -2.06. The van der Waals surface area contributed by atoms with Crippen molar-refractivity contribution in [1.29, 1.82) is 0 Å². The van der Waals surface area contributed by atoms with Gasteiger partial charge in [-0.3, -0.25) is 0 Å². The van der Waals surface area contributed by atoms with Crippen LogP contribution in [0.4, 0.5) is 19.0 Å². The van der Waals surface area contributed by atoms with Crippen LogP contribution in [0.15, 0.2) is 48.8 Å². The number of benzene rings is 2. The molecule has 1 aromatic heterocycles. The van der Waals surface area contributed by atoms with Gasteiger partial charge in [0.15, 0.2) is 0 Å². The Bertz CT molecular complexity index is 1030. The molecule has 0 amide bonds. The number of alkyl halides is 3. The fourth-order valence-electron chi connectivity index (χ4n) is 2.59. The van der Waals surface area contributed by atoms with Crippen molar-refractivity contribution in [3.8, 4) is 11.3 Å². The minimum Gasteiger partial charge on any atom is -0.368 e. The third-order valence-corrected chi connectivity index (χ3v) is 5.16. The molecule has 0 aliphatic rings. The first-order chi connectivity index (χ1) is 13.6. The highest BCUT2D eigenvalue weighted by atomic mass is 35.5. The van der Waals surface area contributed by atoms with Crippen LogP contribution in [0, 0.1) is 0 Å². The number of rotatable bonds is 5. The molecule has 0 aliphatic heterocycles. The van der Waals surface area contributed by atoms with E-state index in [1.807, 2.05) is 0 Å². The summed E-state index contributed by atoms with van der Waals surface area (Å²) in [5, 5.41) is 3.52. The van der Waals surface area contributed by atoms with Crippen molar-refractivity contribution in [3.63, 3.8) is 0 Å². The van der Waals surface area contributed by atoms with E-state index in [9.17, 15) is 13.2 Å². The van der Waals surface area contributed by atoms with E-state index in [2.05, 4.69) is 15.3 Å². The number of anilines is 1. The maximum absolute atomic E-state index is 12.9. The average molecular weight is 462 g/mol. The molecule has 3 N–H and O–H groups in total. The summed E-state index contributed by atoms with van der Waals surface area (Å²) in [6.07, 6.45) is -3.22. The van der Waals surface area contributed by atoms with Crippen molar-refractivity contribution >= 4 is 40.6 Å². The van der Waals surface area contributed by atoms with Crippen LogP contribution in [-0.2, 0) is 6.18 Å². The van der Waals surface area contributed by atoms with Gasteiger partial charge in [0.25, 0.3) is 0 Å². The number of hydrogen-bond donors (Lipinski definition) is 2. The first kappa shape index (κ1) is 21.6. The SMILES string of the molecule is NC(CNc1cc(-c2ccc(C(F)(F)F)c(Cl)c2)ncn1)c1ccc(Cl)c(Cl)c1. The lowest BCUT2D eigenvalue weighted by atomic mass is 10.1. The summed E-state index contributed by atoms with van der Waals surface area (Å²) in [4.78, 5) is 8.20. The van der Waals surface area contributed by atoms with E-state index in [4.69, 9.17) is 40.5 Å². The Morgan fingerprint density at radius 1 is 0.931 bits per heavy atom.